The minimum atomic E-state index is -0.168. The lowest BCUT2D eigenvalue weighted by Gasteiger charge is -2.06. The number of carbonyl (C=O) groups excluding carboxylic acids is 1. The normalized spacial score (nSPS) is 10.3. The number of aryl methyl sites for hydroxylation is 1. The van der Waals surface area contributed by atoms with Crippen molar-refractivity contribution < 1.29 is 4.79 Å². The van der Waals surface area contributed by atoms with Crippen molar-refractivity contribution in [3.63, 3.8) is 0 Å². The Bertz CT molecular complexity index is 617. The summed E-state index contributed by atoms with van der Waals surface area (Å²) in [5, 5.41) is 4.25. The number of nitrogens with zero attached hydrogens (tertiary/aromatic N) is 2. The van der Waals surface area contributed by atoms with Crippen LogP contribution in [0, 0.1) is 6.92 Å². The Morgan fingerprint density at radius 1 is 1.30 bits per heavy atom. The standard InChI is InChI=1S/C13H11Cl2N3OS/c1-8-2-3-16-13(17-8)20-7-12(19)18-11-5-9(14)4-10(15)6-11/h2-6H,7H2,1H3,(H,18,19). The summed E-state index contributed by atoms with van der Waals surface area (Å²) in [7, 11) is 0. The van der Waals surface area contributed by atoms with Crippen molar-refractivity contribution >= 4 is 46.6 Å². The zero-order valence-corrected chi connectivity index (χ0v) is 12.9. The van der Waals surface area contributed by atoms with Crippen LogP contribution in [0.2, 0.25) is 10.0 Å². The van der Waals surface area contributed by atoms with Gasteiger partial charge in [-0.05, 0) is 31.2 Å². The molecule has 0 bridgehead atoms. The Kier molecular flexibility index (Phi) is 5.23. The molecule has 1 aromatic carbocycles. The summed E-state index contributed by atoms with van der Waals surface area (Å²) in [6, 6.07) is 6.69. The van der Waals surface area contributed by atoms with E-state index in [0.717, 1.165) is 5.69 Å². The van der Waals surface area contributed by atoms with Crippen LogP contribution in [0.25, 0.3) is 0 Å². The fraction of sp³-hybridized carbons (Fsp3) is 0.154. The number of hydrogen-bond donors (Lipinski definition) is 1. The maximum Gasteiger partial charge on any atom is 0.234 e. The van der Waals surface area contributed by atoms with Crippen LogP contribution in [0.1, 0.15) is 5.69 Å². The number of halogens is 2. The molecule has 0 aliphatic heterocycles. The maximum absolute atomic E-state index is 11.8. The number of carbonyl (C=O) groups is 1. The van der Waals surface area contributed by atoms with Gasteiger partial charge in [0.25, 0.3) is 0 Å². The topological polar surface area (TPSA) is 54.9 Å². The first kappa shape index (κ1) is 15.1. The Hall–Kier alpha value is -1.30. The van der Waals surface area contributed by atoms with E-state index in [0.29, 0.717) is 20.9 Å². The zero-order valence-electron chi connectivity index (χ0n) is 10.6. The summed E-state index contributed by atoms with van der Waals surface area (Å²) in [5.74, 6) is 0.0477. The average molecular weight is 328 g/mol. The molecular formula is C13H11Cl2N3OS. The summed E-state index contributed by atoms with van der Waals surface area (Å²) in [5.41, 5.74) is 1.43. The van der Waals surface area contributed by atoms with Crippen molar-refractivity contribution in [3.05, 3.63) is 46.2 Å². The van der Waals surface area contributed by atoms with E-state index in [1.165, 1.54) is 11.8 Å². The summed E-state index contributed by atoms with van der Waals surface area (Å²) >= 11 is 13.0. The van der Waals surface area contributed by atoms with Crippen LogP contribution in [0.4, 0.5) is 5.69 Å². The van der Waals surface area contributed by atoms with Gasteiger partial charge in [-0.3, -0.25) is 4.79 Å². The van der Waals surface area contributed by atoms with Gasteiger partial charge in [-0.25, -0.2) is 9.97 Å². The third-order valence-corrected chi connectivity index (χ3v) is 3.55. The lowest BCUT2D eigenvalue weighted by atomic mass is 10.3. The van der Waals surface area contributed by atoms with Crippen LogP contribution in [0.15, 0.2) is 35.6 Å². The average Bonchev–Trinajstić information content (AvgIpc) is 2.35. The van der Waals surface area contributed by atoms with Crippen LogP contribution in [-0.2, 0) is 4.79 Å². The van der Waals surface area contributed by atoms with Crippen molar-refractivity contribution in [2.24, 2.45) is 0 Å². The second-order valence-corrected chi connectivity index (χ2v) is 5.79. The minimum Gasteiger partial charge on any atom is -0.325 e. The van der Waals surface area contributed by atoms with E-state index in [-0.39, 0.29) is 11.7 Å². The molecule has 0 spiro atoms. The van der Waals surface area contributed by atoms with E-state index in [2.05, 4.69) is 15.3 Å². The summed E-state index contributed by atoms with van der Waals surface area (Å²) in [6.07, 6.45) is 1.67. The molecule has 1 N–H and O–H groups in total. The van der Waals surface area contributed by atoms with Crippen molar-refractivity contribution in [1.29, 1.82) is 0 Å². The third kappa shape index (κ3) is 4.67. The highest BCUT2D eigenvalue weighted by atomic mass is 35.5. The number of anilines is 1. The molecule has 0 aliphatic carbocycles. The molecule has 1 heterocycles. The molecule has 7 heteroatoms. The second-order valence-electron chi connectivity index (χ2n) is 3.98. The Morgan fingerprint density at radius 3 is 2.65 bits per heavy atom. The van der Waals surface area contributed by atoms with Crippen LogP contribution >= 0.6 is 35.0 Å². The Balaban J connectivity index is 1.92. The molecule has 1 amide bonds. The smallest absolute Gasteiger partial charge is 0.234 e. The summed E-state index contributed by atoms with van der Waals surface area (Å²) < 4.78 is 0. The van der Waals surface area contributed by atoms with Crippen LogP contribution in [0.5, 0.6) is 0 Å². The monoisotopic (exact) mass is 327 g/mol. The predicted molar refractivity (Wildman–Crippen MR) is 82.6 cm³/mol. The van der Waals surface area contributed by atoms with Gasteiger partial charge in [0.15, 0.2) is 5.16 Å². The van der Waals surface area contributed by atoms with Gasteiger partial charge in [0, 0.05) is 27.6 Å². The van der Waals surface area contributed by atoms with Crippen molar-refractivity contribution in [3.8, 4) is 0 Å². The number of benzene rings is 1. The molecule has 0 atom stereocenters. The minimum absolute atomic E-state index is 0.168. The van der Waals surface area contributed by atoms with Gasteiger partial charge in [0.1, 0.15) is 0 Å². The highest BCUT2D eigenvalue weighted by Gasteiger charge is 2.07. The molecule has 0 saturated carbocycles. The van der Waals surface area contributed by atoms with Crippen LogP contribution in [-0.4, -0.2) is 21.6 Å². The van der Waals surface area contributed by atoms with Gasteiger partial charge in [0.2, 0.25) is 5.91 Å². The first-order valence-corrected chi connectivity index (χ1v) is 7.45. The first-order chi connectivity index (χ1) is 9.52. The molecule has 2 aromatic rings. The largest absolute Gasteiger partial charge is 0.325 e. The molecule has 20 heavy (non-hydrogen) atoms. The molecule has 0 aliphatic rings. The molecule has 104 valence electrons. The highest BCUT2D eigenvalue weighted by molar-refractivity contribution is 7.99. The molecule has 0 unspecified atom stereocenters. The molecular weight excluding hydrogens is 317 g/mol. The second kappa shape index (κ2) is 6.92. The van der Waals surface area contributed by atoms with Crippen LogP contribution in [0.3, 0.4) is 0 Å². The molecule has 0 radical (unpaired) electrons. The lowest BCUT2D eigenvalue weighted by molar-refractivity contribution is -0.113. The fourth-order valence-electron chi connectivity index (χ4n) is 1.45. The quantitative estimate of drug-likeness (QED) is 0.685. The van der Waals surface area contributed by atoms with E-state index < -0.39 is 0 Å². The van der Waals surface area contributed by atoms with Crippen molar-refractivity contribution in [1.82, 2.24) is 9.97 Å². The number of aromatic nitrogens is 2. The molecule has 1 aromatic heterocycles. The molecule has 0 saturated heterocycles. The Labute approximate surface area is 130 Å². The zero-order chi connectivity index (χ0) is 14.5. The fourth-order valence-corrected chi connectivity index (χ4v) is 2.65. The van der Waals surface area contributed by atoms with E-state index in [9.17, 15) is 4.79 Å². The number of amides is 1. The third-order valence-electron chi connectivity index (χ3n) is 2.25. The van der Waals surface area contributed by atoms with E-state index in [1.807, 2.05) is 6.92 Å². The maximum atomic E-state index is 11.8. The molecule has 2 rings (SSSR count). The predicted octanol–water partition coefficient (Wildman–Crippen LogP) is 3.82. The summed E-state index contributed by atoms with van der Waals surface area (Å²) in [6.45, 7) is 1.87. The van der Waals surface area contributed by atoms with Gasteiger partial charge in [0.05, 0.1) is 5.75 Å². The van der Waals surface area contributed by atoms with Gasteiger partial charge in [-0.1, -0.05) is 35.0 Å². The highest BCUT2D eigenvalue weighted by Crippen LogP contribution is 2.22. The number of thioether (sulfide) groups is 1. The Morgan fingerprint density at radius 2 is 2.00 bits per heavy atom. The van der Waals surface area contributed by atoms with E-state index >= 15 is 0 Å². The van der Waals surface area contributed by atoms with Gasteiger partial charge < -0.3 is 5.32 Å². The molecule has 0 fully saturated rings. The first-order valence-electron chi connectivity index (χ1n) is 5.71. The van der Waals surface area contributed by atoms with Crippen molar-refractivity contribution in [2.45, 2.75) is 12.1 Å². The summed E-state index contributed by atoms with van der Waals surface area (Å²) in [4.78, 5) is 20.1. The van der Waals surface area contributed by atoms with E-state index in [1.54, 1.807) is 30.5 Å². The van der Waals surface area contributed by atoms with Gasteiger partial charge in [-0.2, -0.15) is 0 Å². The number of hydrogen-bond acceptors (Lipinski definition) is 4. The van der Waals surface area contributed by atoms with E-state index in [4.69, 9.17) is 23.2 Å². The van der Waals surface area contributed by atoms with Crippen molar-refractivity contribution in [2.75, 3.05) is 11.1 Å². The van der Waals surface area contributed by atoms with Crippen LogP contribution < -0.4 is 5.32 Å². The number of rotatable bonds is 4. The van der Waals surface area contributed by atoms with Gasteiger partial charge >= 0.3 is 0 Å². The SMILES string of the molecule is Cc1ccnc(SCC(=O)Nc2cc(Cl)cc(Cl)c2)n1. The lowest BCUT2D eigenvalue weighted by Crippen LogP contribution is -2.14. The number of nitrogens with one attached hydrogen (secondary N) is 1. The van der Waals surface area contributed by atoms with Gasteiger partial charge in [-0.15, -0.1) is 0 Å². The molecule has 4 nitrogen and oxygen atoms in total.